The SMILES string of the molecule is CCC(C(=O)NCC1CCCN1)c1ccccc1.Cl. The van der Waals surface area contributed by atoms with Crippen LogP contribution in [0.4, 0.5) is 0 Å². The van der Waals surface area contributed by atoms with Crippen LogP contribution in [0.3, 0.4) is 0 Å². The Kier molecular flexibility index (Phi) is 6.89. The number of amides is 1. The van der Waals surface area contributed by atoms with Crippen molar-refractivity contribution in [2.24, 2.45) is 0 Å². The largest absolute Gasteiger partial charge is 0.354 e. The van der Waals surface area contributed by atoms with Crippen LogP contribution in [0.2, 0.25) is 0 Å². The molecule has 0 saturated carbocycles. The van der Waals surface area contributed by atoms with Crippen molar-refractivity contribution >= 4 is 18.3 Å². The Morgan fingerprint density at radius 1 is 1.42 bits per heavy atom. The molecule has 0 spiro atoms. The van der Waals surface area contributed by atoms with E-state index >= 15 is 0 Å². The zero-order valence-corrected chi connectivity index (χ0v) is 12.2. The Morgan fingerprint density at radius 2 is 2.16 bits per heavy atom. The fourth-order valence-electron chi connectivity index (χ4n) is 2.54. The molecule has 2 atom stereocenters. The Bertz CT molecular complexity index is 377. The second-order valence-corrected chi connectivity index (χ2v) is 4.91. The molecule has 1 heterocycles. The predicted molar refractivity (Wildman–Crippen MR) is 80.8 cm³/mol. The second-order valence-electron chi connectivity index (χ2n) is 4.91. The smallest absolute Gasteiger partial charge is 0.227 e. The molecule has 1 aromatic rings. The van der Waals surface area contributed by atoms with E-state index in [9.17, 15) is 4.79 Å². The summed E-state index contributed by atoms with van der Waals surface area (Å²) in [4.78, 5) is 12.2. The van der Waals surface area contributed by atoms with E-state index in [4.69, 9.17) is 0 Å². The number of benzene rings is 1. The lowest BCUT2D eigenvalue weighted by molar-refractivity contribution is -0.122. The molecular weight excluding hydrogens is 260 g/mol. The van der Waals surface area contributed by atoms with Gasteiger partial charge in [-0.05, 0) is 31.4 Å². The van der Waals surface area contributed by atoms with E-state index in [1.165, 1.54) is 12.8 Å². The molecule has 0 aliphatic carbocycles. The summed E-state index contributed by atoms with van der Waals surface area (Å²) in [6.45, 7) is 3.89. The van der Waals surface area contributed by atoms with Gasteiger partial charge in [0.25, 0.3) is 0 Å². The zero-order chi connectivity index (χ0) is 12.8. The number of rotatable bonds is 5. The van der Waals surface area contributed by atoms with Crippen molar-refractivity contribution in [3.05, 3.63) is 35.9 Å². The van der Waals surface area contributed by atoms with Crippen LogP contribution < -0.4 is 10.6 Å². The van der Waals surface area contributed by atoms with E-state index in [0.717, 1.165) is 25.1 Å². The maximum absolute atomic E-state index is 12.2. The van der Waals surface area contributed by atoms with Crippen molar-refractivity contribution in [1.82, 2.24) is 10.6 Å². The van der Waals surface area contributed by atoms with E-state index < -0.39 is 0 Å². The monoisotopic (exact) mass is 282 g/mol. The third-order valence-corrected chi connectivity index (χ3v) is 3.61. The molecule has 0 bridgehead atoms. The van der Waals surface area contributed by atoms with Gasteiger partial charge < -0.3 is 10.6 Å². The first-order valence-corrected chi connectivity index (χ1v) is 6.87. The van der Waals surface area contributed by atoms with Crippen molar-refractivity contribution < 1.29 is 4.79 Å². The summed E-state index contributed by atoms with van der Waals surface area (Å²) in [5, 5.41) is 6.47. The molecule has 2 N–H and O–H groups in total. The normalized spacial score (nSPS) is 19.5. The maximum atomic E-state index is 12.2. The van der Waals surface area contributed by atoms with Crippen molar-refractivity contribution in [3.63, 3.8) is 0 Å². The fraction of sp³-hybridized carbons (Fsp3) is 0.533. The summed E-state index contributed by atoms with van der Waals surface area (Å²) in [7, 11) is 0. The van der Waals surface area contributed by atoms with Crippen molar-refractivity contribution in [3.8, 4) is 0 Å². The number of halogens is 1. The number of nitrogens with one attached hydrogen (secondary N) is 2. The molecule has 4 heteroatoms. The van der Waals surface area contributed by atoms with Gasteiger partial charge in [-0.1, -0.05) is 37.3 Å². The maximum Gasteiger partial charge on any atom is 0.227 e. The molecule has 0 aromatic heterocycles. The molecule has 2 rings (SSSR count). The molecule has 1 aliphatic rings. The summed E-state index contributed by atoms with van der Waals surface area (Å²) < 4.78 is 0. The molecule has 106 valence electrons. The average molecular weight is 283 g/mol. The van der Waals surface area contributed by atoms with Gasteiger partial charge in [0.2, 0.25) is 5.91 Å². The minimum Gasteiger partial charge on any atom is -0.354 e. The molecule has 1 aliphatic heterocycles. The summed E-state index contributed by atoms with van der Waals surface area (Å²) in [6, 6.07) is 10.5. The molecule has 1 fully saturated rings. The van der Waals surface area contributed by atoms with Gasteiger partial charge in [-0.3, -0.25) is 4.79 Å². The highest BCUT2D eigenvalue weighted by Gasteiger charge is 2.20. The van der Waals surface area contributed by atoms with E-state index in [-0.39, 0.29) is 24.2 Å². The van der Waals surface area contributed by atoms with Crippen molar-refractivity contribution in [2.75, 3.05) is 13.1 Å². The van der Waals surface area contributed by atoms with Crippen LogP contribution in [-0.2, 0) is 4.79 Å². The van der Waals surface area contributed by atoms with Gasteiger partial charge in [0.05, 0.1) is 5.92 Å². The van der Waals surface area contributed by atoms with Crippen LogP contribution >= 0.6 is 12.4 Å². The zero-order valence-electron chi connectivity index (χ0n) is 11.4. The van der Waals surface area contributed by atoms with Gasteiger partial charge in [-0.15, -0.1) is 12.4 Å². The summed E-state index contributed by atoms with van der Waals surface area (Å²) in [5.74, 6) is 0.130. The lowest BCUT2D eigenvalue weighted by atomic mass is 9.95. The van der Waals surface area contributed by atoms with Crippen LogP contribution in [0.1, 0.15) is 37.7 Å². The number of carbonyl (C=O) groups excluding carboxylic acids is 1. The molecule has 2 unspecified atom stereocenters. The third kappa shape index (κ3) is 4.51. The summed E-state index contributed by atoms with van der Waals surface area (Å²) >= 11 is 0. The highest BCUT2D eigenvalue weighted by molar-refractivity contribution is 5.85. The van der Waals surface area contributed by atoms with Crippen LogP contribution in [-0.4, -0.2) is 25.0 Å². The highest BCUT2D eigenvalue weighted by Crippen LogP contribution is 2.19. The number of carbonyl (C=O) groups is 1. The van der Waals surface area contributed by atoms with E-state index in [2.05, 4.69) is 17.6 Å². The Morgan fingerprint density at radius 3 is 2.74 bits per heavy atom. The quantitative estimate of drug-likeness (QED) is 0.871. The van der Waals surface area contributed by atoms with Gasteiger partial charge in [0, 0.05) is 12.6 Å². The molecular formula is C15H23ClN2O. The first kappa shape index (κ1) is 16.0. The average Bonchev–Trinajstić information content (AvgIpc) is 2.92. The predicted octanol–water partition coefficient (Wildman–Crippen LogP) is 2.47. The topological polar surface area (TPSA) is 41.1 Å². The molecule has 19 heavy (non-hydrogen) atoms. The van der Waals surface area contributed by atoms with Crippen LogP contribution in [0, 0.1) is 0 Å². The van der Waals surface area contributed by atoms with Crippen LogP contribution in [0.15, 0.2) is 30.3 Å². The highest BCUT2D eigenvalue weighted by atomic mass is 35.5. The van der Waals surface area contributed by atoms with Crippen LogP contribution in [0.25, 0.3) is 0 Å². The summed E-state index contributed by atoms with van der Waals surface area (Å²) in [5.41, 5.74) is 1.11. The standard InChI is InChI=1S/C15H22N2O.ClH/c1-2-14(12-7-4-3-5-8-12)15(18)17-11-13-9-6-10-16-13;/h3-5,7-8,13-14,16H,2,6,9-11H2,1H3,(H,17,18);1H. The minimum absolute atomic E-state index is 0. The summed E-state index contributed by atoms with van der Waals surface area (Å²) in [6.07, 6.45) is 3.23. The minimum atomic E-state index is -0.0207. The molecule has 1 aromatic carbocycles. The Labute approximate surface area is 121 Å². The third-order valence-electron chi connectivity index (χ3n) is 3.61. The lowest BCUT2D eigenvalue weighted by Gasteiger charge is -2.17. The fourth-order valence-corrected chi connectivity index (χ4v) is 2.54. The molecule has 3 nitrogen and oxygen atoms in total. The van der Waals surface area contributed by atoms with Gasteiger partial charge in [0.1, 0.15) is 0 Å². The first-order chi connectivity index (χ1) is 8.81. The van der Waals surface area contributed by atoms with Gasteiger partial charge in [0.15, 0.2) is 0 Å². The van der Waals surface area contributed by atoms with Crippen molar-refractivity contribution in [2.45, 2.75) is 38.1 Å². The number of hydrogen-bond donors (Lipinski definition) is 2. The van der Waals surface area contributed by atoms with Gasteiger partial charge in [-0.25, -0.2) is 0 Å². The Hall–Kier alpha value is -1.06. The molecule has 1 saturated heterocycles. The van der Waals surface area contributed by atoms with E-state index in [1.807, 2.05) is 30.3 Å². The second kappa shape index (κ2) is 8.18. The molecule has 1 amide bonds. The van der Waals surface area contributed by atoms with Crippen LogP contribution in [0.5, 0.6) is 0 Å². The lowest BCUT2D eigenvalue weighted by Crippen LogP contribution is -2.39. The first-order valence-electron chi connectivity index (χ1n) is 6.87. The van der Waals surface area contributed by atoms with Gasteiger partial charge >= 0.3 is 0 Å². The van der Waals surface area contributed by atoms with E-state index in [0.29, 0.717) is 6.04 Å². The van der Waals surface area contributed by atoms with Crippen molar-refractivity contribution in [1.29, 1.82) is 0 Å². The van der Waals surface area contributed by atoms with E-state index in [1.54, 1.807) is 0 Å². The van der Waals surface area contributed by atoms with Gasteiger partial charge in [-0.2, -0.15) is 0 Å². The Balaban J connectivity index is 0.00000180. The molecule has 0 radical (unpaired) electrons. The number of hydrogen-bond acceptors (Lipinski definition) is 2.